The van der Waals surface area contributed by atoms with E-state index >= 15 is 0 Å². The van der Waals surface area contributed by atoms with Gasteiger partial charge in [0.25, 0.3) is 5.91 Å². The molecular weight excluding hydrogens is 381 g/mol. The molecule has 2 aromatic heterocycles. The smallest absolute Gasteiger partial charge is 0.271 e. The summed E-state index contributed by atoms with van der Waals surface area (Å²) in [5, 5.41) is 7.10. The van der Waals surface area contributed by atoms with E-state index in [1.165, 1.54) is 0 Å². The van der Waals surface area contributed by atoms with Crippen molar-refractivity contribution < 1.29 is 4.79 Å². The fourth-order valence-corrected chi connectivity index (χ4v) is 3.38. The van der Waals surface area contributed by atoms with E-state index in [9.17, 15) is 4.79 Å². The van der Waals surface area contributed by atoms with Gasteiger partial charge in [-0.15, -0.1) is 0 Å². The van der Waals surface area contributed by atoms with Gasteiger partial charge in [-0.2, -0.15) is 5.10 Å². The summed E-state index contributed by atoms with van der Waals surface area (Å²) in [5.74, 6) is -0.160. The Morgan fingerprint density at radius 1 is 1.48 bits per heavy atom. The number of carbonyl (C=O) groups is 1. The van der Waals surface area contributed by atoms with Crippen molar-refractivity contribution >= 4 is 28.5 Å². The quantitative estimate of drug-likeness (QED) is 0.587. The van der Waals surface area contributed by atoms with Crippen LogP contribution < -0.4 is 5.32 Å². The first-order valence-electron chi connectivity index (χ1n) is 6.66. The summed E-state index contributed by atoms with van der Waals surface area (Å²) in [7, 11) is 3.48. The molecule has 0 aliphatic heterocycles. The van der Waals surface area contributed by atoms with E-state index in [1.807, 2.05) is 13.2 Å². The molecule has 7 heteroatoms. The fraction of sp³-hybridized carbons (Fsp3) is 0.429. The minimum Gasteiger partial charge on any atom is -0.354 e. The summed E-state index contributed by atoms with van der Waals surface area (Å²) in [5.41, 5.74) is 4.16. The van der Waals surface area contributed by atoms with Crippen molar-refractivity contribution in [3.05, 3.63) is 26.8 Å². The second-order valence-corrected chi connectivity index (χ2v) is 6.81. The average Bonchev–Trinajstić information content (AvgIpc) is 2.78. The molecule has 0 atom stereocenters. The lowest BCUT2D eigenvalue weighted by Gasteiger charge is -2.31. The van der Waals surface area contributed by atoms with Gasteiger partial charge < -0.3 is 5.32 Å². The standard InChI is InChI=1S/C14H16IN5O/c1-14(2)5-7-6-17-13(15)18-9(7)11-8(14)10(12(21)16-3)19-20(11)4/h6H,5H2,1-4H3,(H,16,21). The van der Waals surface area contributed by atoms with Crippen LogP contribution in [0.3, 0.4) is 0 Å². The van der Waals surface area contributed by atoms with Crippen molar-refractivity contribution in [1.29, 1.82) is 0 Å². The lowest BCUT2D eigenvalue weighted by molar-refractivity contribution is 0.0955. The number of hydrogen-bond donors (Lipinski definition) is 1. The minimum absolute atomic E-state index is 0.160. The molecule has 1 amide bonds. The van der Waals surface area contributed by atoms with Crippen molar-refractivity contribution in [2.75, 3.05) is 7.05 Å². The number of fused-ring (bicyclic) bond motifs is 3. The average molecular weight is 397 g/mol. The molecule has 0 aromatic carbocycles. The van der Waals surface area contributed by atoms with Crippen LogP contribution in [0.25, 0.3) is 11.4 Å². The number of hydrogen-bond acceptors (Lipinski definition) is 4. The summed E-state index contributed by atoms with van der Waals surface area (Å²) < 4.78 is 2.45. The van der Waals surface area contributed by atoms with E-state index in [0.717, 1.165) is 28.9 Å². The maximum atomic E-state index is 12.1. The molecule has 0 saturated carbocycles. The Morgan fingerprint density at radius 3 is 2.86 bits per heavy atom. The molecule has 1 aliphatic rings. The molecule has 3 rings (SSSR count). The van der Waals surface area contributed by atoms with Gasteiger partial charge >= 0.3 is 0 Å². The normalized spacial score (nSPS) is 15.3. The van der Waals surface area contributed by atoms with E-state index in [4.69, 9.17) is 0 Å². The highest BCUT2D eigenvalue weighted by molar-refractivity contribution is 14.1. The highest BCUT2D eigenvalue weighted by Crippen LogP contribution is 2.43. The summed E-state index contributed by atoms with van der Waals surface area (Å²) in [6, 6.07) is 0. The van der Waals surface area contributed by atoms with E-state index in [2.05, 4.69) is 56.8 Å². The van der Waals surface area contributed by atoms with Gasteiger partial charge in [0.1, 0.15) is 0 Å². The fourth-order valence-electron chi connectivity index (χ4n) is 3.00. The first-order valence-corrected chi connectivity index (χ1v) is 7.74. The van der Waals surface area contributed by atoms with E-state index < -0.39 is 0 Å². The van der Waals surface area contributed by atoms with Crippen LogP contribution in [0, 0.1) is 3.83 Å². The van der Waals surface area contributed by atoms with Crippen LogP contribution in [0.15, 0.2) is 6.20 Å². The Hall–Kier alpha value is -1.51. The molecule has 0 unspecified atom stereocenters. The predicted octanol–water partition coefficient (Wildman–Crippen LogP) is 1.68. The van der Waals surface area contributed by atoms with E-state index in [-0.39, 0.29) is 11.3 Å². The Morgan fingerprint density at radius 2 is 2.19 bits per heavy atom. The van der Waals surface area contributed by atoms with Crippen LogP contribution in [-0.2, 0) is 18.9 Å². The van der Waals surface area contributed by atoms with E-state index in [0.29, 0.717) is 9.53 Å². The molecule has 1 aliphatic carbocycles. The van der Waals surface area contributed by atoms with Crippen molar-refractivity contribution in [3.8, 4) is 11.4 Å². The second kappa shape index (κ2) is 4.75. The number of halogens is 1. The largest absolute Gasteiger partial charge is 0.354 e. The molecule has 6 nitrogen and oxygen atoms in total. The topological polar surface area (TPSA) is 72.7 Å². The third kappa shape index (κ3) is 2.14. The van der Waals surface area contributed by atoms with E-state index in [1.54, 1.807) is 11.7 Å². The number of amides is 1. The number of aromatic nitrogens is 4. The van der Waals surface area contributed by atoms with Gasteiger partial charge in [-0.1, -0.05) is 13.8 Å². The number of nitrogens with zero attached hydrogens (tertiary/aromatic N) is 4. The molecule has 2 aromatic rings. The molecule has 0 radical (unpaired) electrons. The van der Waals surface area contributed by atoms with Crippen LogP contribution in [0.5, 0.6) is 0 Å². The molecular formula is C14H16IN5O. The van der Waals surface area contributed by atoms with Crippen LogP contribution in [0.2, 0.25) is 0 Å². The lowest BCUT2D eigenvalue weighted by atomic mass is 9.73. The van der Waals surface area contributed by atoms with Crippen LogP contribution in [0.4, 0.5) is 0 Å². The Bertz CT molecular complexity index is 750. The molecule has 0 saturated heterocycles. The highest BCUT2D eigenvalue weighted by atomic mass is 127. The third-order valence-electron chi connectivity index (χ3n) is 3.86. The maximum absolute atomic E-state index is 12.1. The first-order chi connectivity index (χ1) is 9.85. The van der Waals surface area contributed by atoms with Crippen LogP contribution in [-0.4, -0.2) is 32.7 Å². The van der Waals surface area contributed by atoms with Gasteiger partial charge in [0.2, 0.25) is 0 Å². The monoisotopic (exact) mass is 397 g/mol. The van der Waals surface area contributed by atoms with Gasteiger partial charge in [0, 0.05) is 48.4 Å². The summed E-state index contributed by atoms with van der Waals surface area (Å²) >= 11 is 2.10. The summed E-state index contributed by atoms with van der Waals surface area (Å²) in [6.07, 6.45) is 2.67. The Labute approximate surface area is 136 Å². The molecule has 21 heavy (non-hydrogen) atoms. The van der Waals surface area contributed by atoms with Crippen LogP contribution >= 0.6 is 22.6 Å². The number of nitrogens with one attached hydrogen (secondary N) is 1. The second-order valence-electron chi connectivity index (χ2n) is 5.85. The molecule has 0 bridgehead atoms. The summed E-state index contributed by atoms with van der Waals surface area (Å²) in [4.78, 5) is 21.0. The zero-order valence-electron chi connectivity index (χ0n) is 12.4. The lowest BCUT2D eigenvalue weighted by Crippen LogP contribution is -2.30. The predicted molar refractivity (Wildman–Crippen MR) is 87.1 cm³/mol. The SMILES string of the molecule is CNC(=O)c1nn(C)c2c1C(C)(C)Cc1cnc(I)nc1-2. The summed E-state index contributed by atoms with van der Waals surface area (Å²) in [6.45, 7) is 4.25. The van der Waals surface area contributed by atoms with Crippen molar-refractivity contribution in [3.63, 3.8) is 0 Å². The Balaban J connectivity index is 2.35. The minimum atomic E-state index is -0.186. The number of rotatable bonds is 1. The van der Waals surface area contributed by atoms with Crippen LogP contribution in [0.1, 0.15) is 35.5 Å². The number of carbonyl (C=O) groups excluding carboxylic acids is 1. The van der Waals surface area contributed by atoms with Gasteiger partial charge in [0.15, 0.2) is 9.53 Å². The zero-order valence-corrected chi connectivity index (χ0v) is 14.5. The van der Waals surface area contributed by atoms with Gasteiger partial charge in [0.05, 0.1) is 11.4 Å². The highest BCUT2D eigenvalue weighted by Gasteiger charge is 2.39. The molecule has 1 N–H and O–H groups in total. The van der Waals surface area contributed by atoms with Crippen molar-refractivity contribution in [2.45, 2.75) is 25.7 Å². The molecule has 110 valence electrons. The maximum Gasteiger partial charge on any atom is 0.271 e. The molecule has 0 fully saturated rings. The molecule has 0 spiro atoms. The van der Waals surface area contributed by atoms with Gasteiger partial charge in [-0.05, 0) is 17.4 Å². The first kappa shape index (κ1) is 14.4. The molecule has 2 heterocycles. The number of aryl methyl sites for hydroxylation is 1. The Kier molecular flexibility index (Phi) is 3.27. The van der Waals surface area contributed by atoms with Crippen molar-refractivity contribution in [2.24, 2.45) is 7.05 Å². The van der Waals surface area contributed by atoms with Gasteiger partial charge in [-0.3, -0.25) is 9.48 Å². The third-order valence-corrected chi connectivity index (χ3v) is 4.38. The zero-order chi connectivity index (χ0) is 15.4. The van der Waals surface area contributed by atoms with Gasteiger partial charge in [-0.25, -0.2) is 9.97 Å². The van der Waals surface area contributed by atoms with Crippen molar-refractivity contribution in [1.82, 2.24) is 25.1 Å².